The Balaban J connectivity index is 1.61. The van der Waals surface area contributed by atoms with Crippen molar-refractivity contribution >= 4 is 34.6 Å². The lowest BCUT2D eigenvalue weighted by atomic mass is 10.2. The third-order valence-corrected chi connectivity index (χ3v) is 4.08. The molecule has 0 saturated heterocycles. The third kappa shape index (κ3) is 4.80. The number of fused-ring (bicyclic) bond motifs is 1. The number of carbonyl (C=O) groups excluding carboxylic acids is 2. The highest BCUT2D eigenvalue weighted by atomic mass is 35.5. The summed E-state index contributed by atoms with van der Waals surface area (Å²) in [6.45, 7) is 3.37. The molecule has 146 valence electrons. The summed E-state index contributed by atoms with van der Waals surface area (Å²) in [5.41, 5.74) is 2.08. The van der Waals surface area contributed by atoms with Crippen molar-refractivity contribution in [2.45, 2.75) is 20.0 Å². The molecule has 0 aliphatic heterocycles. The molecular weight excluding hydrogens is 384 g/mol. The Labute approximate surface area is 166 Å². The number of nitrogens with zero attached hydrogens (tertiary/aromatic N) is 1. The molecule has 2 aromatic carbocycles. The fourth-order valence-corrected chi connectivity index (χ4v) is 2.63. The van der Waals surface area contributed by atoms with Crippen LogP contribution in [-0.2, 0) is 14.3 Å². The van der Waals surface area contributed by atoms with Crippen molar-refractivity contribution < 1.29 is 23.5 Å². The second-order valence-electron chi connectivity index (χ2n) is 5.94. The van der Waals surface area contributed by atoms with Crippen LogP contribution in [0.3, 0.4) is 0 Å². The molecule has 3 rings (SSSR count). The fraction of sp³-hybridized carbons (Fsp3) is 0.250. The quantitative estimate of drug-likeness (QED) is 0.607. The fourth-order valence-electron chi connectivity index (χ4n) is 2.47. The van der Waals surface area contributed by atoms with Crippen LogP contribution in [0.15, 0.2) is 46.9 Å². The van der Waals surface area contributed by atoms with Crippen molar-refractivity contribution in [2.24, 2.45) is 0 Å². The molecule has 0 aliphatic rings. The van der Waals surface area contributed by atoms with Gasteiger partial charge in [-0.15, -0.1) is 0 Å². The van der Waals surface area contributed by atoms with Gasteiger partial charge in [0.1, 0.15) is 17.8 Å². The van der Waals surface area contributed by atoms with Gasteiger partial charge in [-0.05, 0) is 50.2 Å². The van der Waals surface area contributed by atoms with E-state index in [-0.39, 0.29) is 13.2 Å². The topological polar surface area (TPSA) is 90.7 Å². The average Bonchev–Trinajstić information content (AvgIpc) is 3.10. The van der Waals surface area contributed by atoms with Gasteiger partial charge in [0.15, 0.2) is 11.7 Å². The summed E-state index contributed by atoms with van der Waals surface area (Å²) in [7, 11) is 0. The number of ether oxygens (including phenoxy) is 2. The Hall–Kier alpha value is -3.06. The minimum atomic E-state index is -0.772. The van der Waals surface area contributed by atoms with E-state index in [4.69, 9.17) is 25.5 Å². The van der Waals surface area contributed by atoms with Gasteiger partial charge in [0.25, 0.3) is 5.91 Å². The van der Waals surface area contributed by atoms with Crippen molar-refractivity contribution in [3.8, 4) is 17.2 Å². The second-order valence-corrected chi connectivity index (χ2v) is 6.37. The number of hydrogen-bond donors (Lipinski definition) is 1. The van der Waals surface area contributed by atoms with Crippen LogP contribution in [0.2, 0.25) is 5.02 Å². The van der Waals surface area contributed by atoms with Crippen LogP contribution in [0, 0.1) is 0 Å². The molecule has 3 aromatic rings. The molecule has 1 unspecified atom stereocenters. The van der Waals surface area contributed by atoms with Gasteiger partial charge in [-0.25, -0.2) is 4.98 Å². The Kier molecular flexibility index (Phi) is 6.16. The summed E-state index contributed by atoms with van der Waals surface area (Å²) in [5.74, 6) is 0.0609. The molecule has 28 heavy (non-hydrogen) atoms. The van der Waals surface area contributed by atoms with E-state index in [0.29, 0.717) is 27.8 Å². The zero-order chi connectivity index (χ0) is 20.1. The van der Waals surface area contributed by atoms with E-state index in [1.54, 1.807) is 56.3 Å². The van der Waals surface area contributed by atoms with E-state index in [2.05, 4.69) is 10.3 Å². The lowest BCUT2D eigenvalue weighted by molar-refractivity contribution is -0.144. The number of hydrogen-bond acceptors (Lipinski definition) is 6. The van der Waals surface area contributed by atoms with E-state index < -0.39 is 18.0 Å². The number of oxazole rings is 1. The SMILES string of the molecule is CCOC(=O)CNC(=O)C(C)Oc1ccc(-c2nc3ccc(Cl)cc3o2)cc1. The number of esters is 1. The number of amides is 1. The maximum atomic E-state index is 12.0. The minimum absolute atomic E-state index is 0.193. The average molecular weight is 403 g/mol. The van der Waals surface area contributed by atoms with Crippen LogP contribution >= 0.6 is 11.6 Å². The maximum absolute atomic E-state index is 12.0. The molecule has 0 saturated carbocycles. The molecule has 1 atom stereocenters. The number of aromatic nitrogens is 1. The van der Waals surface area contributed by atoms with E-state index in [1.807, 2.05) is 0 Å². The summed E-state index contributed by atoms with van der Waals surface area (Å²) >= 11 is 5.96. The Morgan fingerprint density at radius 2 is 1.96 bits per heavy atom. The van der Waals surface area contributed by atoms with Crippen molar-refractivity contribution in [1.29, 1.82) is 0 Å². The lowest BCUT2D eigenvalue weighted by Gasteiger charge is -2.14. The molecule has 0 aliphatic carbocycles. The number of benzene rings is 2. The predicted molar refractivity (Wildman–Crippen MR) is 104 cm³/mol. The highest BCUT2D eigenvalue weighted by molar-refractivity contribution is 6.31. The highest BCUT2D eigenvalue weighted by Crippen LogP contribution is 2.27. The monoisotopic (exact) mass is 402 g/mol. The van der Waals surface area contributed by atoms with E-state index in [0.717, 1.165) is 5.56 Å². The van der Waals surface area contributed by atoms with Crippen LogP contribution < -0.4 is 10.1 Å². The summed E-state index contributed by atoms with van der Waals surface area (Å²) in [5, 5.41) is 3.05. The van der Waals surface area contributed by atoms with Crippen LogP contribution in [0.1, 0.15) is 13.8 Å². The largest absolute Gasteiger partial charge is 0.481 e. The van der Waals surface area contributed by atoms with Gasteiger partial charge >= 0.3 is 5.97 Å². The Morgan fingerprint density at radius 3 is 2.68 bits per heavy atom. The first-order valence-electron chi connectivity index (χ1n) is 8.72. The molecule has 1 aromatic heterocycles. The molecule has 8 heteroatoms. The smallest absolute Gasteiger partial charge is 0.325 e. The van der Waals surface area contributed by atoms with Crippen LogP contribution in [0.5, 0.6) is 5.75 Å². The summed E-state index contributed by atoms with van der Waals surface area (Å²) in [6.07, 6.45) is -0.772. The van der Waals surface area contributed by atoms with E-state index in [1.165, 1.54) is 0 Å². The molecule has 0 fully saturated rings. The molecule has 0 spiro atoms. The Bertz CT molecular complexity index is 984. The van der Waals surface area contributed by atoms with Crippen LogP contribution in [0.4, 0.5) is 0 Å². The molecule has 1 amide bonds. The standard InChI is InChI=1S/C20H19ClN2O5/c1-3-26-18(24)11-22-19(25)12(2)27-15-7-4-13(5-8-15)20-23-16-9-6-14(21)10-17(16)28-20/h4-10,12H,3,11H2,1-2H3,(H,22,25). The van der Waals surface area contributed by atoms with Gasteiger partial charge in [0, 0.05) is 16.7 Å². The van der Waals surface area contributed by atoms with Crippen LogP contribution in [-0.4, -0.2) is 36.1 Å². The Morgan fingerprint density at radius 1 is 1.21 bits per heavy atom. The van der Waals surface area contributed by atoms with Crippen LogP contribution in [0.25, 0.3) is 22.6 Å². The predicted octanol–water partition coefficient (Wildman–Crippen LogP) is 3.59. The van der Waals surface area contributed by atoms with Gasteiger partial charge in [-0.2, -0.15) is 0 Å². The van der Waals surface area contributed by atoms with Gasteiger partial charge in [0.2, 0.25) is 5.89 Å². The molecule has 1 heterocycles. The molecule has 0 bridgehead atoms. The number of nitrogens with one attached hydrogen (secondary N) is 1. The lowest BCUT2D eigenvalue weighted by Crippen LogP contribution is -2.39. The number of halogens is 1. The molecule has 7 nitrogen and oxygen atoms in total. The van der Waals surface area contributed by atoms with E-state index >= 15 is 0 Å². The molecule has 0 radical (unpaired) electrons. The normalized spacial score (nSPS) is 11.8. The van der Waals surface area contributed by atoms with Crippen molar-refractivity contribution in [3.05, 3.63) is 47.5 Å². The van der Waals surface area contributed by atoms with Gasteiger partial charge < -0.3 is 19.2 Å². The van der Waals surface area contributed by atoms with Crippen molar-refractivity contribution in [1.82, 2.24) is 10.3 Å². The molecular formula is C20H19ClN2O5. The zero-order valence-electron chi connectivity index (χ0n) is 15.4. The first-order chi connectivity index (χ1) is 13.5. The summed E-state index contributed by atoms with van der Waals surface area (Å²) in [4.78, 5) is 27.7. The van der Waals surface area contributed by atoms with Gasteiger partial charge in [-0.3, -0.25) is 9.59 Å². The zero-order valence-corrected chi connectivity index (χ0v) is 16.2. The summed E-state index contributed by atoms with van der Waals surface area (Å²) < 4.78 is 16.1. The van der Waals surface area contributed by atoms with Crippen molar-refractivity contribution in [2.75, 3.05) is 13.2 Å². The van der Waals surface area contributed by atoms with Gasteiger partial charge in [-0.1, -0.05) is 11.6 Å². The first kappa shape index (κ1) is 19.7. The number of rotatable bonds is 7. The van der Waals surface area contributed by atoms with E-state index in [9.17, 15) is 9.59 Å². The number of carbonyl (C=O) groups is 2. The van der Waals surface area contributed by atoms with Gasteiger partial charge in [0.05, 0.1) is 6.61 Å². The summed E-state index contributed by atoms with van der Waals surface area (Å²) in [6, 6.07) is 12.2. The van der Waals surface area contributed by atoms with Crippen molar-refractivity contribution in [3.63, 3.8) is 0 Å². The highest BCUT2D eigenvalue weighted by Gasteiger charge is 2.16. The third-order valence-electron chi connectivity index (χ3n) is 3.85. The minimum Gasteiger partial charge on any atom is -0.481 e. The maximum Gasteiger partial charge on any atom is 0.325 e. The molecule has 1 N–H and O–H groups in total. The second kappa shape index (κ2) is 8.75. The first-order valence-corrected chi connectivity index (χ1v) is 9.10.